The van der Waals surface area contributed by atoms with Crippen molar-refractivity contribution in [2.75, 3.05) is 37.7 Å². The third kappa shape index (κ3) is 12.2. The van der Waals surface area contributed by atoms with E-state index in [4.69, 9.17) is 19.9 Å². The van der Waals surface area contributed by atoms with E-state index in [0.717, 1.165) is 54.6 Å². The lowest BCUT2D eigenvalue weighted by atomic mass is 10.2. The molecule has 0 heterocycles. The van der Waals surface area contributed by atoms with Crippen LogP contribution in [0.4, 0.5) is 28.4 Å². The minimum atomic E-state index is 0. The maximum absolute atomic E-state index is 5.43. The molecule has 0 unspecified atom stereocenters. The Morgan fingerprint density at radius 2 is 0.667 bits per heavy atom. The number of rotatable bonds is 7. The van der Waals surface area contributed by atoms with Gasteiger partial charge in [0, 0.05) is 37.4 Å². The second kappa shape index (κ2) is 18.3. The Morgan fingerprint density at radius 1 is 0.429 bits per heavy atom. The van der Waals surface area contributed by atoms with Crippen molar-refractivity contribution in [3.8, 4) is 17.2 Å². The fourth-order valence-corrected chi connectivity index (χ4v) is 3.88. The van der Waals surface area contributed by atoms with Gasteiger partial charge in [0.05, 0.1) is 21.3 Å². The molecule has 0 atom stereocenters. The second-order valence-corrected chi connectivity index (χ2v) is 10.3. The van der Waals surface area contributed by atoms with Crippen LogP contribution in [0.2, 0.25) is 0 Å². The molecule has 0 radical (unpaired) electrons. The van der Waals surface area contributed by atoms with Gasteiger partial charge in [0.2, 0.25) is 0 Å². The van der Waals surface area contributed by atoms with Gasteiger partial charge in [-0.3, -0.25) is 0 Å². The van der Waals surface area contributed by atoms with Crippen LogP contribution in [0.25, 0.3) is 0 Å². The number of nitrogen functional groups attached to an aromatic ring is 1. The standard InChI is InChI=1S/C20H20N2O2.C7H9NO.C6H4Br2.CH4/c1-23-19-11-7-17(8-12-19)21-15-3-5-16(6-4-15)22-18-9-13-20(24-2)14-10-18;1-9-7-4-2-6(8)3-5-7;7-5-1-2-6(8)4-3-5;/h3-14,21-22H,1-2H3;2-5H,8H2,1H3;1-4H;1H4. The van der Waals surface area contributed by atoms with E-state index in [1.54, 1.807) is 33.5 Å². The Hall–Kier alpha value is -4.14. The van der Waals surface area contributed by atoms with Crippen molar-refractivity contribution in [1.29, 1.82) is 0 Å². The van der Waals surface area contributed by atoms with E-state index in [1.807, 2.05) is 109 Å². The third-order valence-electron chi connectivity index (χ3n) is 5.56. The molecule has 0 amide bonds. The summed E-state index contributed by atoms with van der Waals surface area (Å²) in [5, 5.41) is 6.72. The predicted molar refractivity (Wildman–Crippen MR) is 185 cm³/mol. The maximum Gasteiger partial charge on any atom is 0.119 e. The molecule has 0 aliphatic heterocycles. The Labute approximate surface area is 266 Å². The molecular weight excluding hydrogens is 658 g/mol. The van der Waals surface area contributed by atoms with Crippen molar-refractivity contribution in [3.63, 3.8) is 0 Å². The number of halogens is 2. The third-order valence-corrected chi connectivity index (χ3v) is 6.62. The summed E-state index contributed by atoms with van der Waals surface area (Å²) in [6, 6.07) is 39.1. The highest BCUT2D eigenvalue weighted by atomic mass is 79.9. The average Bonchev–Trinajstić information content (AvgIpc) is 3.01. The molecule has 0 saturated heterocycles. The summed E-state index contributed by atoms with van der Waals surface area (Å²) < 4.78 is 17.5. The van der Waals surface area contributed by atoms with Gasteiger partial charge in [-0.25, -0.2) is 0 Å². The largest absolute Gasteiger partial charge is 0.497 e. The molecule has 0 saturated carbocycles. The fourth-order valence-electron chi connectivity index (χ4n) is 3.35. The molecule has 8 heteroatoms. The zero-order chi connectivity index (χ0) is 29.5. The van der Waals surface area contributed by atoms with Gasteiger partial charge >= 0.3 is 0 Å². The first-order valence-corrected chi connectivity index (χ1v) is 14.2. The summed E-state index contributed by atoms with van der Waals surface area (Å²) in [6.45, 7) is 0. The van der Waals surface area contributed by atoms with E-state index < -0.39 is 0 Å². The van der Waals surface area contributed by atoms with Crippen molar-refractivity contribution < 1.29 is 14.2 Å². The van der Waals surface area contributed by atoms with Gasteiger partial charge in [-0.05, 0) is 121 Å². The minimum absolute atomic E-state index is 0. The zero-order valence-corrected chi connectivity index (χ0v) is 26.3. The molecule has 42 heavy (non-hydrogen) atoms. The van der Waals surface area contributed by atoms with Gasteiger partial charge in [-0.1, -0.05) is 39.3 Å². The smallest absolute Gasteiger partial charge is 0.119 e. The quantitative estimate of drug-likeness (QED) is 0.147. The zero-order valence-electron chi connectivity index (χ0n) is 23.1. The highest BCUT2D eigenvalue weighted by molar-refractivity contribution is 9.11. The number of hydrogen-bond donors (Lipinski definition) is 3. The molecule has 5 aromatic rings. The number of methoxy groups -OCH3 is 3. The van der Waals surface area contributed by atoms with Crippen molar-refractivity contribution >= 4 is 60.3 Å². The summed E-state index contributed by atoms with van der Waals surface area (Å²) >= 11 is 6.65. The van der Waals surface area contributed by atoms with E-state index >= 15 is 0 Å². The molecule has 0 aliphatic carbocycles. The number of nitrogens with two attached hydrogens (primary N) is 1. The van der Waals surface area contributed by atoms with E-state index in [0.29, 0.717) is 0 Å². The molecular formula is C34H37Br2N3O3. The van der Waals surface area contributed by atoms with Gasteiger partial charge in [0.15, 0.2) is 0 Å². The number of anilines is 5. The Morgan fingerprint density at radius 3 is 0.929 bits per heavy atom. The topological polar surface area (TPSA) is 77.8 Å². The molecule has 0 fully saturated rings. The summed E-state index contributed by atoms with van der Waals surface area (Å²) in [7, 11) is 4.96. The Bertz CT molecular complexity index is 1340. The maximum atomic E-state index is 5.43. The monoisotopic (exact) mass is 693 g/mol. The molecule has 0 aromatic heterocycles. The molecule has 0 aliphatic rings. The van der Waals surface area contributed by atoms with Crippen LogP contribution in [0.1, 0.15) is 7.43 Å². The molecule has 5 aromatic carbocycles. The molecule has 0 bridgehead atoms. The molecule has 6 nitrogen and oxygen atoms in total. The molecule has 5 rings (SSSR count). The lowest BCUT2D eigenvalue weighted by Gasteiger charge is -2.10. The van der Waals surface area contributed by atoms with Crippen molar-refractivity contribution in [2.45, 2.75) is 7.43 Å². The fraction of sp³-hybridized carbons (Fsp3) is 0.118. The number of ether oxygens (including phenoxy) is 3. The summed E-state index contributed by atoms with van der Waals surface area (Å²) in [6.07, 6.45) is 0. The second-order valence-electron chi connectivity index (χ2n) is 8.49. The first-order chi connectivity index (χ1) is 19.9. The summed E-state index contributed by atoms with van der Waals surface area (Å²) in [5.41, 5.74) is 10.3. The normalized spacial score (nSPS) is 9.45. The number of nitrogens with one attached hydrogen (secondary N) is 2. The first-order valence-electron chi connectivity index (χ1n) is 12.6. The number of hydrogen-bond acceptors (Lipinski definition) is 6. The van der Waals surface area contributed by atoms with Gasteiger partial charge < -0.3 is 30.6 Å². The van der Waals surface area contributed by atoms with E-state index in [-0.39, 0.29) is 7.43 Å². The van der Waals surface area contributed by atoms with Crippen LogP contribution < -0.4 is 30.6 Å². The van der Waals surface area contributed by atoms with Crippen LogP contribution in [0.5, 0.6) is 17.2 Å². The van der Waals surface area contributed by atoms with Crippen LogP contribution in [0, 0.1) is 0 Å². The average molecular weight is 695 g/mol. The Balaban J connectivity index is 0.000000280. The Kier molecular flexibility index (Phi) is 14.9. The van der Waals surface area contributed by atoms with E-state index in [2.05, 4.69) is 42.5 Å². The van der Waals surface area contributed by atoms with Gasteiger partial charge in [0.25, 0.3) is 0 Å². The van der Waals surface area contributed by atoms with Crippen LogP contribution in [-0.2, 0) is 0 Å². The molecule has 220 valence electrons. The van der Waals surface area contributed by atoms with Gasteiger partial charge in [0.1, 0.15) is 17.2 Å². The van der Waals surface area contributed by atoms with Crippen molar-refractivity contribution in [1.82, 2.24) is 0 Å². The van der Waals surface area contributed by atoms with Gasteiger partial charge in [-0.15, -0.1) is 0 Å². The predicted octanol–water partition coefficient (Wildman–Crippen LogP) is 10.3. The number of benzene rings is 5. The van der Waals surface area contributed by atoms with Crippen LogP contribution in [0.3, 0.4) is 0 Å². The highest BCUT2D eigenvalue weighted by Crippen LogP contribution is 2.24. The van der Waals surface area contributed by atoms with Crippen LogP contribution in [-0.4, -0.2) is 21.3 Å². The lowest BCUT2D eigenvalue weighted by molar-refractivity contribution is 0.415. The first kappa shape index (κ1) is 34.1. The van der Waals surface area contributed by atoms with Crippen molar-refractivity contribution in [2.24, 2.45) is 0 Å². The highest BCUT2D eigenvalue weighted by Gasteiger charge is 1.99. The molecule has 4 N–H and O–H groups in total. The lowest BCUT2D eigenvalue weighted by Crippen LogP contribution is -1.93. The molecule has 0 spiro atoms. The summed E-state index contributed by atoms with van der Waals surface area (Å²) in [5.74, 6) is 2.53. The van der Waals surface area contributed by atoms with Crippen LogP contribution in [0.15, 0.2) is 130 Å². The van der Waals surface area contributed by atoms with E-state index in [9.17, 15) is 0 Å². The minimum Gasteiger partial charge on any atom is -0.497 e. The van der Waals surface area contributed by atoms with E-state index in [1.165, 1.54) is 0 Å². The van der Waals surface area contributed by atoms with Crippen LogP contribution >= 0.6 is 31.9 Å². The van der Waals surface area contributed by atoms with Gasteiger partial charge in [-0.2, -0.15) is 0 Å². The SMILES string of the molecule is Brc1ccc(Br)cc1.C.COc1ccc(N)cc1.COc1ccc(Nc2ccc(Nc3ccc(OC)cc3)cc2)cc1. The van der Waals surface area contributed by atoms with Crippen molar-refractivity contribution in [3.05, 3.63) is 130 Å². The summed E-state index contributed by atoms with van der Waals surface area (Å²) in [4.78, 5) is 0.